The van der Waals surface area contributed by atoms with E-state index in [2.05, 4.69) is 24.5 Å². The molecule has 4 atom stereocenters. The van der Waals surface area contributed by atoms with Gasteiger partial charge in [0.15, 0.2) is 0 Å². The van der Waals surface area contributed by atoms with Gasteiger partial charge in [0.1, 0.15) is 23.9 Å². The van der Waals surface area contributed by atoms with E-state index in [0.29, 0.717) is 22.6 Å². The van der Waals surface area contributed by atoms with E-state index < -0.39 is 18.0 Å². The van der Waals surface area contributed by atoms with E-state index in [0.717, 1.165) is 46.2 Å². The second-order valence-corrected chi connectivity index (χ2v) is 10.5. The number of hydrogen-bond donors (Lipinski definition) is 0. The molecule has 3 nitrogen and oxygen atoms in total. The van der Waals surface area contributed by atoms with Crippen LogP contribution in [0.4, 0.5) is 8.78 Å². The van der Waals surface area contributed by atoms with Crippen LogP contribution in [0, 0.1) is 17.7 Å². The fourth-order valence-electron chi connectivity index (χ4n) is 4.89. The highest BCUT2D eigenvalue weighted by Crippen LogP contribution is 2.46. The standard InChI is InChI=1S/C28H26ClF2N3S/c1-4-16(2)18-13-24-26(23-10-8-20(32-23)12-17(3)30)27(21-9-7-19(31)14-22(21)29)33-28(34(24)15-18)25-6-5-11-35-25/h4-12,14,16-18,27H,1,13,15H2,2-3H3/b20-12-/t16?,17?,18-,27-/m0/s1. The Hall–Kier alpha value is -2.83. The van der Waals surface area contributed by atoms with Gasteiger partial charge in [-0.05, 0) is 67.0 Å². The summed E-state index contributed by atoms with van der Waals surface area (Å²) in [5.74, 6) is 1.17. The first-order valence-electron chi connectivity index (χ1n) is 11.7. The van der Waals surface area contributed by atoms with Crippen molar-refractivity contribution in [3.8, 4) is 0 Å². The highest BCUT2D eigenvalue weighted by atomic mass is 35.5. The van der Waals surface area contributed by atoms with E-state index >= 15 is 0 Å². The van der Waals surface area contributed by atoms with Crippen LogP contribution in [-0.4, -0.2) is 29.2 Å². The van der Waals surface area contributed by atoms with Gasteiger partial charge < -0.3 is 4.90 Å². The van der Waals surface area contributed by atoms with Gasteiger partial charge in [-0.3, -0.25) is 4.99 Å². The van der Waals surface area contributed by atoms with Crippen LogP contribution in [0.1, 0.15) is 36.8 Å². The summed E-state index contributed by atoms with van der Waals surface area (Å²) >= 11 is 8.21. The summed E-state index contributed by atoms with van der Waals surface area (Å²) in [6, 6.07) is 8.05. The number of amidine groups is 1. The van der Waals surface area contributed by atoms with Crippen LogP contribution in [0.2, 0.25) is 5.02 Å². The lowest BCUT2D eigenvalue weighted by molar-refractivity contribution is 0.420. The van der Waals surface area contributed by atoms with E-state index in [9.17, 15) is 8.78 Å². The quantitative estimate of drug-likeness (QED) is 0.367. The Morgan fingerprint density at radius 3 is 2.77 bits per heavy atom. The monoisotopic (exact) mass is 509 g/mol. The summed E-state index contributed by atoms with van der Waals surface area (Å²) < 4.78 is 27.6. The first-order valence-corrected chi connectivity index (χ1v) is 12.9. The summed E-state index contributed by atoms with van der Waals surface area (Å²) in [5.41, 5.74) is 4.11. The lowest BCUT2D eigenvalue weighted by Crippen LogP contribution is -2.34. The lowest BCUT2D eigenvalue weighted by atomic mass is 9.88. The Bertz CT molecular complexity index is 1300. The summed E-state index contributed by atoms with van der Waals surface area (Å²) in [5, 5.41) is 2.36. The Morgan fingerprint density at radius 2 is 2.09 bits per heavy atom. The normalized spacial score (nSPS) is 24.5. The molecule has 3 aliphatic heterocycles. The number of rotatable bonds is 6. The first-order chi connectivity index (χ1) is 16.9. The molecule has 5 rings (SSSR count). The lowest BCUT2D eigenvalue weighted by Gasteiger charge is -2.33. The number of alkyl halides is 1. The Balaban J connectivity index is 1.72. The minimum absolute atomic E-state index is 0.315. The van der Waals surface area contributed by atoms with Crippen molar-refractivity contribution in [1.29, 1.82) is 0 Å². The van der Waals surface area contributed by atoms with Gasteiger partial charge in [-0.2, -0.15) is 0 Å². The third kappa shape index (κ3) is 4.57. The number of hydrogen-bond acceptors (Lipinski definition) is 4. The van der Waals surface area contributed by atoms with Crippen molar-refractivity contribution < 1.29 is 8.78 Å². The van der Waals surface area contributed by atoms with Crippen LogP contribution in [-0.2, 0) is 0 Å². The van der Waals surface area contributed by atoms with Gasteiger partial charge in [-0.15, -0.1) is 17.9 Å². The molecular formula is C28H26ClF2N3S. The molecule has 2 unspecified atom stereocenters. The summed E-state index contributed by atoms with van der Waals surface area (Å²) in [6.07, 6.45) is 6.95. The fourth-order valence-corrected chi connectivity index (χ4v) is 5.89. The van der Waals surface area contributed by atoms with Crippen molar-refractivity contribution in [3.63, 3.8) is 0 Å². The number of thiophene rings is 1. The maximum atomic E-state index is 14.0. The van der Waals surface area contributed by atoms with E-state index in [4.69, 9.17) is 21.6 Å². The van der Waals surface area contributed by atoms with E-state index in [1.165, 1.54) is 25.1 Å². The number of halogens is 3. The predicted molar refractivity (Wildman–Crippen MR) is 141 cm³/mol. The van der Waals surface area contributed by atoms with Crippen LogP contribution in [0.5, 0.6) is 0 Å². The van der Waals surface area contributed by atoms with Gasteiger partial charge in [0.25, 0.3) is 0 Å². The van der Waals surface area contributed by atoms with Gasteiger partial charge >= 0.3 is 0 Å². The molecule has 180 valence electrons. The average Bonchev–Trinajstić information content (AvgIpc) is 3.58. The maximum Gasteiger partial charge on any atom is 0.146 e. The number of benzene rings is 1. The highest BCUT2D eigenvalue weighted by molar-refractivity contribution is 7.12. The maximum absolute atomic E-state index is 14.0. The molecule has 1 saturated heterocycles. The SMILES string of the molecule is C=CC(C)[C@H]1CC2=C(C3=N/C(=C\C(C)F)C=C3)[C@H](c3ccc(F)cc3Cl)N=C(c3cccs3)N2C1. The van der Waals surface area contributed by atoms with Crippen molar-refractivity contribution in [1.82, 2.24) is 4.90 Å². The first kappa shape index (κ1) is 23.9. The molecular weight excluding hydrogens is 484 g/mol. The van der Waals surface area contributed by atoms with E-state index in [-0.39, 0.29) is 0 Å². The smallest absolute Gasteiger partial charge is 0.146 e. The highest BCUT2D eigenvalue weighted by Gasteiger charge is 2.41. The summed E-state index contributed by atoms with van der Waals surface area (Å²) in [4.78, 5) is 13.3. The predicted octanol–water partition coefficient (Wildman–Crippen LogP) is 7.69. The fraction of sp³-hybridized carbons (Fsp3) is 0.286. The molecule has 7 heteroatoms. The molecule has 1 fully saturated rings. The molecule has 0 saturated carbocycles. The molecule has 0 radical (unpaired) electrons. The Labute approximate surface area is 213 Å². The Morgan fingerprint density at radius 1 is 1.26 bits per heavy atom. The van der Waals surface area contributed by atoms with Gasteiger partial charge in [0.05, 0.1) is 16.3 Å². The molecule has 0 N–H and O–H groups in total. The number of fused-ring (bicyclic) bond motifs is 1. The topological polar surface area (TPSA) is 28.0 Å². The largest absolute Gasteiger partial charge is 0.328 e. The molecule has 0 amide bonds. The van der Waals surface area contributed by atoms with Crippen LogP contribution < -0.4 is 0 Å². The molecule has 4 heterocycles. The van der Waals surface area contributed by atoms with E-state index in [1.54, 1.807) is 17.4 Å². The molecule has 3 aliphatic rings. The second-order valence-electron chi connectivity index (χ2n) is 9.13. The van der Waals surface area contributed by atoms with Crippen molar-refractivity contribution in [2.24, 2.45) is 21.8 Å². The van der Waals surface area contributed by atoms with Crippen molar-refractivity contribution in [2.75, 3.05) is 6.54 Å². The summed E-state index contributed by atoms with van der Waals surface area (Å²) in [7, 11) is 0. The van der Waals surface area contributed by atoms with Crippen molar-refractivity contribution in [2.45, 2.75) is 32.5 Å². The number of nitrogens with zero attached hydrogens (tertiary/aromatic N) is 3. The zero-order chi connectivity index (χ0) is 24.7. The number of allylic oxidation sites excluding steroid dienone is 5. The number of aliphatic imine (C=N–C) groups is 2. The molecule has 0 spiro atoms. The molecule has 0 bridgehead atoms. The zero-order valence-electron chi connectivity index (χ0n) is 19.6. The van der Waals surface area contributed by atoms with E-state index in [1.807, 2.05) is 29.7 Å². The molecule has 0 aliphatic carbocycles. The molecule has 1 aromatic carbocycles. The van der Waals surface area contributed by atoms with Gasteiger partial charge in [-0.1, -0.05) is 36.7 Å². The average molecular weight is 510 g/mol. The minimum Gasteiger partial charge on any atom is -0.328 e. The summed E-state index contributed by atoms with van der Waals surface area (Å²) in [6.45, 7) is 8.49. The van der Waals surface area contributed by atoms with Gasteiger partial charge in [0, 0.05) is 28.4 Å². The van der Waals surface area contributed by atoms with Gasteiger partial charge in [-0.25, -0.2) is 13.8 Å². The third-order valence-electron chi connectivity index (χ3n) is 6.74. The molecule has 2 aromatic rings. The zero-order valence-corrected chi connectivity index (χ0v) is 21.2. The molecule has 35 heavy (non-hydrogen) atoms. The van der Waals surface area contributed by atoms with Crippen LogP contribution in [0.25, 0.3) is 0 Å². The minimum atomic E-state index is -1.10. The third-order valence-corrected chi connectivity index (χ3v) is 7.93. The second kappa shape index (κ2) is 9.67. The Kier molecular flexibility index (Phi) is 6.60. The van der Waals surface area contributed by atoms with Crippen LogP contribution >= 0.6 is 22.9 Å². The van der Waals surface area contributed by atoms with Crippen molar-refractivity contribution in [3.05, 3.63) is 105 Å². The van der Waals surface area contributed by atoms with Gasteiger partial charge in [0.2, 0.25) is 0 Å². The van der Waals surface area contributed by atoms with Crippen LogP contribution in [0.15, 0.2) is 93.5 Å². The van der Waals surface area contributed by atoms with Crippen molar-refractivity contribution >= 4 is 34.5 Å². The van der Waals surface area contributed by atoms with Crippen LogP contribution in [0.3, 0.4) is 0 Å². The molecule has 1 aromatic heterocycles.